The fraction of sp³-hybridized carbons (Fsp3) is 0.0833. The van der Waals surface area contributed by atoms with Crippen LogP contribution in [0.2, 0.25) is 5.02 Å². The Hall–Kier alpha value is -1.74. The number of rotatable bonds is 2. The summed E-state index contributed by atoms with van der Waals surface area (Å²) in [6, 6.07) is 5.66. The van der Waals surface area contributed by atoms with E-state index in [1.54, 1.807) is 12.1 Å². The lowest BCUT2D eigenvalue weighted by molar-refractivity contribution is -0.134. The summed E-state index contributed by atoms with van der Waals surface area (Å²) in [6.45, 7) is 0. The van der Waals surface area contributed by atoms with E-state index in [9.17, 15) is 4.79 Å². The van der Waals surface area contributed by atoms with Gasteiger partial charge in [-0.3, -0.25) is 0 Å². The number of aromatic nitrogens is 1. The summed E-state index contributed by atoms with van der Waals surface area (Å²) in [7, 11) is 1.34. The topological polar surface area (TPSA) is 42.1 Å². The molecule has 2 rings (SSSR count). The third-order valence-corrected chi connectivity index (χ3v) is 2.54. The second kappa shape index (κ2) is 4.41. The smallest absolute Gasteiger partial charge is 0.330 e. The highest BCUT2D eigenvalue weighted by atomic mass is 35.5. The second-order valence-corrected chi connectivity index (χ2v) is 3.71. The van der Waals surface area contributed by atoms with Crippen molar-refractivity contribution in [1.29, 1.82) is 0 Å². The largest absolute Gasteiger partial charge is 0.466 e. The van der Waals surface area contributed by atoms with Crippen molar-refractivity contribution in [2.75, 3.05) is 7.11 Å². The molecular formula is C12H10ClNO2. The monoisotopic (exact) mass is 235 g/mol. The lowest BCUT2D eigenvalue weighted by Crippen LogP contribution is -1.93. The van der Waals surface area contributed by atoms with Gasteiger partial charge in [0.25, 0.3) is 0 Å². The fourth-order valence-electron chi connectivity index (χ4n) is 1.48. The predicted octanol–water partition coefficient (Wildman–Crippen LogP) is 3.01. The number of hydrogen-bond acceptors (Lipinski definition) is 2. The standard InChI is InChI=1S/C12H10ClNO2/c1-16-11(15)3-2-8-6-9-4-5-14-12(9)10(13)7-8/h2-7,14H,1H3. The van der Waals surface area contributed by atoms with Crippen LogP contribution in [-0.4, -0.2) is 18.1 Å². The molecule has 0 bridgehead atoms. The third-order valence-electron chi connectivity index (χ3n) is 2.25. The first-order valence-corrected chi connectivity index (χ1v) is 5.11. The fourth-order valence-corrected chi connectivity index (χ4v) is 1.77. The van der Waals surface area contributed by atoms with Crippen LogP contribution in [0.3, 0.4) is 0 Å². The van der Waals surface area contributed by atoms with E-state index in [0.717, 1.165) is 16.5 Å². The van der Waals surface area contributed by atoms with E-state index >= 15 is 0 Å². The number of benzene rings is 1. The maximum absolute atomic E-state index is 10.9. The zero-order chi connectivity index (χ0) is 11.5. The van der Waals surface area contributed by atoms with Gasteiger partial charge in [0.1, 0.15) is 0 Å². The number of fused-ring (bicyclic) bond motifs is 1. The van der Waals surface area contributed by atoms with Gasteiger partial charge in [-0.15, -0.1) is 0 Å². The molecule has 0 saturated carbocycles. The molecule has 1 heterocycles. The van der Waals surface area contributed by atoms with E-state index < -0.39 is 0 Å². The van der Waals surface area contributed by atoms with E-state index in [2.05, 4.69) is 9.72 Å². The molecule has 16 heavy (non-hydrogen) atoms. The summed E-state index contributed by atoms with van der Waals surface area (Å²) in [4.78, 5) is 14.0. The third kappa shape index (κ3) is 2.09. The lowest BCUT2D eigenvalue weighted by atomic mass is 10.1. The van der Waals surface area contributed by atoms with Crippen LogP contribution in [0.15, 0.2) is 30.5 Å². The van der Waals surface area contributed by atoms with Crippen molar-refractivity contribution in [2.45, 2.75) is 0 Å². The number of nitrogens with one attached hydrogen (secondary N) is 1. The Morgan fingerprint density at radius 1 is 1.50 bits per heavy atom. The average molecular weight is 236 g/mol. The number of esters is 1. The van der Waals surface area contributed by atoms with Crippen molar-refractivity contribution in [1.82, 2.24) is 4.98 Å². The molecule has 4 heteroatoms. The summed E-state index contributed by atoms with van der Waals surface area (Å²) in [5.74, 6) is -0.384. The predicted molar refractivity (Wildman–Crippen MR) is 64.4 cm³/mol. The molecule has 0 aliphatic rings. The van der Waals surface area contributed by atoms with Crippen LogP contribution in [0.4, 0.5) is 0 Å². The Morgan fingerprint density at radius 2 is 2.31 bits per heavy atom. The molecule has 3 nitrogen and oxygen atoms in total. The van der Waals surface area contributed by atoms with Gasteiger partial charge >= 0.3 is 5.97 Å². The summed E-state index contributed by atoms with van der Waals surface area (Å²) < 4.78 is 4.51. The minimum atomic E-state index is -0.384. The summed E-state index contributed by atoms with van der Waals surface area (Å²) >= 11 is 6.07. The molecule has 2 aromatic rings. The first-order chi connectivity index (χ1) is 7.70. The molecule has 0 spiro atoms. The molecule has 0 amide bonds. The second-order valence-electron chi connectivity index (χ2n) is 3.30. The number of aromatic amines is 1. The van der Waals surface area contributed by atoms with Crippen LogP contribution in [0, 0.1) is 0 Å². The van der Waals surface area contributed by atoms with Crippen LogP contribution in [-0.2, 0) is 9.53 Å². The van der Waals surface area contributed by atoms with Gasteiger partial charge in [-0.2, -0.15) is 0 Å². The molecule has 0 unspecified atom stereocenters. The molecule has 1 aromatic heterocycles. The average Bonchev–Trinajstić information content (AvgIpc) is 2.74. The number of methoxy groups -OCH3 is 1. The van der Waals surface area contributed by atoms with E-state index in [0.29, 0.717) is 5.02 Å². The van der Waals surface area contributed by atoms with E-state index in [1.165, 1.54) is 13.2 Å². The van der Waals surface area contributed by atoms with Gasteiger partial charge in [-0.05, 0) is 29.8 Å². The molecule has 0 aliphatic heterocycles. The molecule has 0 fully saturated rings. The number of H-pyrrole nitrogens is 1. The highest BCUT2D eigenvalue weighted by Crippen LogP contribution is 2.24. The van der Waals surface area contributed by atoms with E-state index in [4.69, 9.17) is 11.6 Å². The molecule has 0 saturated heterocycles. The van der Waals surface area contributed by atoms with Gasteiger partial charge in [-0.25, -0.2) is 4.79 Å². The van der Waals surface area contributed by atoms with Crippen molar-refractivity contribution in [2.24, 2.45) is 0 Å². The van der Waals surface area contributed by atoms with Crippen LogP contribution in [0.5, 0.6) is 0 Å². The first kappa shape index (κ1) is 10.8. The summed E-state index contributed by atoms with van der Waals surface area (Å²) in [5.41, 5.74) is 1.76. The van der Waals surface area contributed by atoms with E-state index in [-0.39, 0.29) is 5.97 Å². The van der Waals surface area contributed by atoms with Crippen LogP contribution in [0.1, 0.15) is 5.56 Å². The molecular weight excluding hydrogens is 226 g/mol. The lowest BCUT2D eigenvalue weighted by Gasteiger charge is -1.98. The number of carbonyl (C=O) groups excluding carboxylic acids is 1. The van der Waals surface area contributed by atoms with Gasteiger partial charge in [0.2, 0.25) is 0 Å². The normalized spacial score (nSPS) is 11.1. The van der Waals surface area contributed by atoms with Gasteiger partial charge in [0, 0.05) is 17.7 Å². The summed E-state index contributed by atoms with van der Waals surface area (Å²) in [5, 5.41) is 1.64. The molecule has 0 radical (unpaired) electrons. The Balaban J connectivity index is 2.38. The Kier molecular flexibility index (Phi) is 2.97. The molecule has 0 aliphatic carbocycles. The van der Waals surface area contributed by atoms with Gasteiger partial charge in [-0.1, -0.05) is 11.6 Å². The maximum Gasteiger partial charge on any atom is 0.330 e. The van der Waals surface area contributed by atoms with Gasteiger partial charge in [0.15, 0.2) is 0 Å². The van der Waals surface area contributed by atoms with Crippen LogP contribution < -0.4 is 0 Å². The number of hydrogen-bond donors (Lipinski definition) is 1. The highest BCUT2D eigenvalue weighted by Gasteiger charge is 2.01. The highest BCUT2D eigenvalue weighted by molar-refractivity contribution is 6.35. The van der Waals surface area contributed by atoms with Crippen molar-refractivity contribution < 1.29 is 9.53 Å². The van der Waals surface area contributed by atoms with Crippen molar-refractivity contribution in [3.63, 3.8) is 0 Å². The Bertz CT molecular complexity index is 557. The van der Waals surface area contributed by atoms with Crippen molar-refractivity contribution >= 4 is 34.5 Å². The molecule has 1 aromatic carbocycles. The zero-order valence-electron chi connectivity index (χ0n) is 8.66. The zero-order valence-corrected chi connectivity index (χ0v) is 9.41. The SMILES string of the molecule is COC(=O)C=Cc1cc(Cl)c2[nH]ccc2c1. The molecule has 82 valence electrons. The van der Waals surface area contributed by atoms with Gasteiger partial charge in [0.05, 0.1) is 17.6 Å². The summed E-state index contributed by atoms with van der Waals surface area (Å²) in [6.07, 6.45) is 4.86. The van der Waals surface area contributed by atoms with Crippen LogP contribution >= 0.6 is 11.6 Å². The number of halogens is 1. The molecule has 0 atom stereocenters. The number of carbonyl (C=O) groups is 1. The van der Waals surface area contributed by atoms with Crippen molar-refractivity contribution in [3.8, 4) is 0 Å². The minimum Gasteiger partial charge on any atom is -0.466 e. The first-order valence-electron chi connectivity index (χ1n) is 4.73. The van der Waals surface area contributed by atoms with E-state index in [1.807, 2.05) is 18.3 Å². The Labute approximate surface area is 97.7 Å². The quantitative estimate of drug-likeness (QED) is 0.642. The van der Waals surface area contributed by atoms with Crippen molar-refractivity contribution in [3.05, 3.63) is 41.1 Å². The Morgan fingerprint density at radius 3 is 3.06 bits per heavy atom. The molecule has 1 N–H and O–H groups in total. The van der Waals surface area contributed by atoms with Gasteiger partial charge < -0.3 is 9.72 Å². The maximum atomic E-state index is 10.9. The number of ether oxygens (including phenoxy) is 1. The van der Waals surface area contributed by atoms with Crippen LogP contribution in [0.25, 0.3) is 17.0 Å². The minimum absolute atomic E-state index is 0.384.